The molecule has 5 rings (SSSR count). The van der Waals surface area contributed by atoms with Crippen molar-refractivity contribution in [2.75, 3.05) is 34.3 Å². The van der Waals surface area contributed by atoms with E-state index in [2.05, 4.69) is 49.8 Å². The van der Waals surface area contributed by atoms with Crippen molar-refractivity contribution in [3.05, 3.63) is 71.0 Å². The number of hydrazine groups is 1. The largest absolute Gasteiger partial charge is 0.400 e. The summed E-state index contributed by atoms with van der Waals surface area (Å²) in [5.41, 5.74) is 6.22. The highest BCUT2D eigenvalue weighted by Gasteiger charge is 2.25. The first-order valence-corrected chi connectivity index (χ1v) is 14.8. The molecule has 1 saturated heterocycles. The number of piperidine rings is 1. The smallest absolute Gasteiger partial charge is 0.150 e. The quantitative estimate of drug-likeness (QED) is 0.123. The lowest BCUT2D eigenvalue weighted by Crippen LogP contribution is -2.34. The number of allylic oxidation sites excluding steroid dienone is 1. The predicted octanol–water partition coefficient (Wildman–Crippen LogP) is 5.03. The van der Waals surface area contributed by atoms with Crippen molar-refractivity contribution in [2.45, 2.75) is 38.1 Å². The van der Waals surface area contributed by atoms with Crippen LogP contribution in [0.3, 0.4) is 0 Å². The van der Waals surface area contributed by atoms with E-state index in [-0.39, 0.29) is 5.92 Å². The van der Waals surface area contributed by atoms with Crippen molar-refractivity contribution < 1.29 is 9.90 Å². The van der Waals surface area contributed by atoms with E-state index >= 15 is 0 Å². The number of aldehydes is 1. The van der Waals surface area contributed by atoms with Crippen LogP contribution in [0, 0.1) is 17.8 Å². The molecule has 218 valence electrons. The summed E-state index contributed by atoms with van der Waals surface area (Å²) in [6, 6.07) is 11.9. The van der Waals surface area contributed by atoms with E-state index < -0.39 is 0 Å². The Kier molecular flexibility index (Phi) is 13.7. The number of benzene rings is 1. The molecule has 3 aromatic rings. The molecule has 1 fully saturated rings. The molecule has 0 spiro atoms. The molecule has 2 atom stereocenters. The standard InChI is InChI=1S/C29H29ClN4OS.CH6N2.CH4O/c1-33(36-34-15-3-2-4-16-34)25-12-11-22(27(30)18-25)8-5-21-6-9-23(10-7-21)29-17-24(20-35)26-19-31-14-13-28(26)32-29;1-3-2;1-2/h6-7,9-10,13-14,17-20,22,25H,2-4,11-12,15-16H2,1H3;3H,2H2,1H3;2H,1H3. The number of likely N-dealkylation sites (N-methyl/N-ethyl adjacent to an activating group) is 1. The lowest BCUT2D eigenvalue weighted by molar-refractivity contribution is 0.112. The first kappa shape index (κ1) is 32.7. The van der Waals surface area contributed by atoms with Crippen LogP contribution in [0.2, 0.25) is 0 Å². The Hall–Kier alpha value is -2.81. The van der Waals surface area contributed by atoms with Gasteiger partial charge in [-0.3, -0.25) is 21.0 Å². The summed E-state index contributed by atoms with van der Waals surface area (Å²) in [6.07, 6.45) is 12.3. The van der Waals surface area contributed by atoms with Crippen molar-refractivity contribution in [2.24, 2.45) is 11.8 Å². The summed E-state index contributed by atoms with van der Waals surface area (Å²) >= 11 is 8.52. The van der Waals surface area contributed by atoms with Crippen LogP contribution in [0.25, 0.3) is 22.2 Å². The molecule has 41 heavy (non-hydrogen) atoms. The van der Waals surface area contributed by atoms with Crippen molar-refractivity contribution >= 4 is 40.9 Å². The van der Waals surface area contributed by atoms with Gasteiger partial charge < -0.3 is 5.11 Å². The number of nitrogens with zero attached hydrogens (tertiary/aromatic N) is 4. The van der Waals surface area contributed by atoms with E-state index in [1.165, 1.54) is 32.4 Å². The molecular weight excluding hydrogens is 556 g/mol. The molecule has 3 heterocycles. The number of pyridine rings is 2. The van der Waals surface area contributed by atoms with Gasteiger partial charge in [0.25, 0.3) is 0 Å². The molecule has 2 unspecified atom stereocenters. The van der Waals surface area contributed by atoms with Crippen LogP contribution in [0.15, 0.2) is 59.9 Å². The lowest BCUT2D eigenvalue weighted by atomic mass is 9.92. The number of hydrogen-bond donors (Lipinski definition) is 3. The number of halogens is 1. The highest BCUT2D eigenvalue weighted by atomic mass is 35.5. The predicted molar refractivity (Wildman–Crippen MR) is 170 cm³/mol. The van der Waals surface area contributed by atoms with Crippen molar-refractivity contribution in [3.63, 3.8) is 0 Å². The van der Waals surface area contributed by atoms with E-state index in [1.54, 1.807) is 25.5 Å². The molecule has 0 saturated carbocycles. The third kappa shape index (κ3) is 9.35. The fourth-order valence-electron chi connectivity index (χ4n) is 4.71. The van der Waals surface area contributed by atoms with E-state index in [1.807, 2.05) is 42.5 Å². The number of aliphatic hydroxyl groups is 1. The Morgan fingerprint density at radius 1 is 1.17 bits per heavy atom. The fraction of sp³-hybridized carbons (Fsp3) is 0.387. The summed E-state index contributed by atoms with van der Waals surface area (Å²) in [4.78, 5) is 20.4. The molecule has 1 aliphatic heterocycles. The Balaban J connectivity index is 0.000000868. The summed E-state index contributed by atoms with van der Waals surface area (Å²) in [5.74, 6) is 11.3. The number of hydrogen-bond acceptors (Lipinski definition) is 9. The number of aliphatic hydroxyl groups excluding tert-OH is 1. The monoisotopic (exact) mass is 594 g/mol. The van der Waals surface area contributed by atoms with Gasteiger partial charge in [0.05, 0.1) is 17.1 Å². The summed E-state index contributed by atoms with van der Waals surface area (Å²) in [6.45, 7) is 2.33. The maximum absolute atomic E-state index is 11.6. The maximum Gasteiger partial charge on any atom is 0.150 e. The lowest BCUT2D eigenvalue weighted by Gasteiger charge is -2.34. The van der Waals surface area contributed by atoms with E-state index in [0.717, 1.165) is 59.0 Å². The minimum absolute atomic E-state index is 0.0712. The van der Waals surface area contributed by atoms with Gasteiger partial charge in [0.1, 0.15) is 0 Å². The van der Waals surface area contributed by atoms with E-state index in [0.29, 0.717) is 11.6 Å². The Morgan fingerprint density at radius 3 is 2.54 bits per heavy atom. The van der Waals surface area contributed by atoms with Crippen molar-refractivity contribution in [1.82, 2.24) is 24.0 Å². The summed E-state index contributed by atoms with van der Waals surface area (Å²) in [5, 5.41) is 8.60. The second-order valence-corrected chi connectivity index (χ2v) is 11.3. The van der Waals surface area contributed by atoms with Crippen LogP contribution in [-0.2, 0) is 0 Å². The van der Waals surface area contributed by atoms with Gasteiger partial charge >= 0.3 is 0 Å². The van der Waals surface area contributed by atoms with Gasteiger partial charge in [-0.2, -0.15) is 0 Å². The molecule has 1 aliphatic carbocycles. The van der Waals surface area contributed by atoms with Crippen LogP contribution in [0.5, 0.6) is 0 Å². The minimum atomic E-state index is 0.0712. The SMILES string of the molecule is CN(SN1CCCCC1)C1C=C(Cl)C(C#Cc2ccc(-c3cc(C=O)c4cnccc4n3)cc2)CC1.CNN.CO. The zero-order valence-electron chi connectivity index (χ0n) is 23.9. The van der Waals surface area contributed by atoms with Crippen LogP contribution in [0.4, 0.5) is 0 Å². The van der Waals surface area contributed by atoms with E-state index in [4.69, 9.17) is 21.7 Å². The zero-order valence-corrected chi connectivity index (χ0v) is 25.5. The highest BCUT2D eigenvalue weighted by molar-refractivity contribution is 7.94. The second-order valence-electron chi connectivity index (χ2n) is 9.61. The van der Waals surface area contributed by atoms with Crippen LogP contribution in [0.1, 0.15) is 48.0 Å². The second kappa shape index (κ2) is 17.2. The average molecular weight is 595 g/mol. The van der Waals surface area contributed by atoms with Gasteiger partial charge in [-0.15, -0.1) is 0 Å². The summed E-state index contributed by atoms with van der Waals surface area (Å²) < 4.78 is 4.80. The number of carbonyl (C=O) groups is 1. The molecule has 10 heteroatoms. The highest BCUT2D eigenvalue weighted by Crippen LogP contribution is 2.33. The van der Waals surface area contributed by atoms with Crippen LogP contribution in [-0.4, -0.2) is 70.3 Å². The first-order chi connectivity index (χ1) is 20.0. The van der Waals surface area contributed by atoms with Gasteiger partial charge in [-0.05, 0) is 64.0 Å². The molecule has 0 amide bonds. The number of nitrogens with two attached hydrogens (primary N) is 1. The van der Waals surface area contributed by atoms with Gasteiger partial charge in [0.2, 0.25) is 0 Å². The Bertz CT molecular complexity index is 1350. The molecule has 8 nitrogen and oxygen atoms in total. The number of carbonyl (C=O) groups excluding carboxylic acids is 1. The molecule has 0 radical (unpaired) electrons. The van der Waals surface area contributed by atoms with Crippen molar-refractivity contribution in [3.8, 4) is 23.1 Å². The molecule has 0 bridgehead atoms. The third-order valence-electron chi connectivity index (χ3n) is 6.80. The Labute approximate surface area is 252 Å². The van der Waals surface area contributed by atoms with Crippen molar-refractivity contribution in [1.29, 1.82) is 0 Å². The molecule has 2 aromatic heterocycles. The number of fused-ring (bicyclic) bond motifs is 1. The normalized spacial score (nSPS) is 18.7. The zero-order chi connectivity index (χ0) is 29.6. The van der Waals surface area contributed by atoms with E-state index in [9.17, 15) is 4.79 Å². The number of nitrogens with one attached hydrogen (secondary N) is 1. The van der Waals surface area contributed by atoms with Gasteiger partial charge in [-0.1, -0.05) is 48.1 Å². The summed E-state index contributed by atoms with van der Waals surface area (Å²) in [7, 11) is 4.82. The fourth-order valence-corrected chi connectivity index (χ4v) is 6.09. The molecule has 2 aliphatic rings. The van der Waals surface area contributed by atoms with Gasteiger partial charge in [0.15, 0.2) is 6.29 Å². The minimum Gasteiger partial charge on any atom is -0.400 e. The van der Waals surface area contributed by atoms with Crippen LogP contribution < -0.4 is 11.3 Å². The molecular formula is C31H39ClN6O2S. The number of aromatic nitrogens is 2. The molecule has 1 aromatic carbocycles. The third-order valence-corrected chi connectivity index (χ3v) is 8.32. The van der Waals surface area contributed by atoms with Gasteiger partial charge in [0, 0.05) is 77.9 Å². The average Bonchev–Trinajstić information content (AvgIpc) is 3.02. The van der Waals surface area contributed by atoms with Gasteiger partial charge in [-0.25, -0.2) is 13.6 Å². The Morgan fingerprint density at radius 2 is 1.88 bits per heavy atom. The first-order valence-electron chi connectivity index (χ1n) is 13.7. The number of rotatable bonds is 5. The molecule has 4 N–H and O–H groups in total. The maximum atomic E-state index is 11.6. The van der Waals surface area contributed by atoms with Crippen LogP contribution >= 0.6 is 23.7 Å². The topological polar surface area (TPSA) is 108 Å².